The number of rotatable bonds is 7. The Morgan fingerprint density at radius 3 is 2.52 bits per heavy atom. The second-order valence-corrected chi connectivity index (χ2v) is 8.03. The lowest BCUT2D eigenvalue weighted by Crippen LogP contribution is -2.30. The van der Waals surface area contributed by atoms with Crippen molar-refractivity contribution in [1.82, 2.24) is 5.32 Å². The molecule has 0 amide bonds. The van der Waals surface area contributed by atoms with E-state index < -0.39 is 0 Å². The van der Waals surface area contributed by atoms with Gasteiger partial charge in [0.2, 0.25) is 0 Å². The van der Waals surface area contributed by atoms with Gasteiger partial charge in [-0.3, -0.25) is 0 Å². The van der Waals surface area contributed by atoms with Gasteiger partial charge in [-0.15, -0.1) is 0 Å². The molecule has 2 aromatic carbocycles. The van der Waals surface area contributed by atoms with Gasteiger partial charge in [-0.05, 0) is 56.4 Å². The van der Waals surface area contributed by atoms with Crippen LogP contribution in [0.5, 0.6) is 0 Å². The summed E-state index contributed by atoms with van der Waals surface area (Å²) in [6.07, 6.45) is 3.82. The van der Waals surface area contributed by atoms with Crippen LogP contribution in [0, 0.1) is 17.1 Å². The first-order valence-corrected chi connectivity index (χ1v) is 10.7. The summed E-state index contributed by atoms with van der Waals surface area (Å²) in [4.78, 5) is 0. The van der Waals surface area contributed by atoms with E-state index >= 15 is 0 Å². The minimum absolute atomic E-state index is 0.122. The minimum atomic E-state index is -0.318. The highest BCUT2D eigenvalue weighted by Gasteiger charge is 2.27. The van der Waals surface area contributed by atoms with E-state index in [-0.39, 0.29) is 24.3 Å². The predicted octanol–water partition coefficient (Wildman–Crippen LogP) is 5.09. The van der Waals surface area contributed by atoms with Gasteiger partial charge in [0.05, 0.1) is 42.8 Å². The third-order valence-corrected chi connectivity index (χ3v) is 5.85. The van der Waals surface area contributed by atoms with Crippen molar-refractivity contribution in [2.24, 2.45) is 0 Å². The zero-order chi connectivity index (χ0) is 21.6. The van der Waals surface area contributed by atoms with E-state index in [1.807, 2.05) is 31.2 Å². The van der Waals surface area contributed by atoms with Gasteiger partial charge in [-0.1, -0.05) is 30.3 Å². The average Bonchev–Trinajstić information content (AvgIpc) is 3.17. The molecule has 2 aromatic rings. The van der Waals surface area contributed by atoms with Crippen LogP contribution in [0.1, 0.15) is 55.5 Å². The molecule has 3 atom stereocenters. The molecule has 1 N–H and O–H groups in total. The minimum Gasteiger partial charge on any atom is -0.469 e. The molecule has 162 valence electrons. The highest BCUT2D eigenvalue weighted by molar-refractivity contribution is 5.36. The number of hydrogen-bond donors (Lipinski definition) is 1. The second-order valence-electron chi connectivity index (χ2n) is 8.03. The smallest absolute Gasteiger partial charge is 0.195 e. The highest BCUT2D eigenvalue weighted by atomic mass is 19.1. The van der Waals surface area contributed by atoms with E-state index in [1.54, 1.807) is 12.1 Å². The monoisotopic (exact) mass is 422 g/mol. The lowest BCUT2D eigenvalue weighted by atomic mass is 9.94. The fourth-order valence-corrected chi connectivity index (χ4v) is 4.04. The Kier molecular flexibility index (Phi) is 6.86. The summed E-state index contributed by atoms with van der Waals surface area (Å²) in [5.41, 5.74) is 3.38. The van der Waals surface area contributed by atoms with Crippen LogP contribution in [0.15, 0.2) is 60.0 Å². The molecule has 6 heteroatoms. The molecular weight excluding hydrogens is 395 g/mol. The molecule has 0 bridgehead atoms. The Balaban J connectivity index is 1.25. The van der Waals surface area contributed by atoms with Crippen LogP contribution in [0.4, 0.5) is 4.39 Å². The lowest BCUT2D eigenvalue weighted by Gasteiger charge is -2.29. The van der Waals surface area contributed by atoms with Crippen LogP contribution < -0.4 is 5.32 Å². The van der Waals surface area contributed by atoms with Crippen molar-refractivity contribution in [3.63, 3.8) is 0 Å². The average molecular weight is 423 g/mol. The molecule has 0 radical (unpaired) electrons. The van der Waals surface area contributed by atoms with Crippen LogP contribution in [0.3, 0.4) is 0 Å². The van der Waals surface area contributed by atoms with Gasteiger partial charge >= 0.3 is 0 Å². The first kappa shape index (κ1) is 21.4. The molecule has 1 saturated carbocycles. The molecule has 0 spiro atoms. The van der Waals surface area contributed by atoms with Crippen molar-refractivity contribution in [3.05, 3.63) is 82.5 Å². The van der Waals surface area contributed by atoms with E-state index in [9.17, 15) is 9.65 Å². The first-order valence-electron chi connectivity index (χ1n) is 10.7. The SMILES string of the molecule is CC1=C(COC2CCCC(OCc3ccccc3C#N)C2)NC(c2ccc(F)cc2)O1. The zero-order valence-electron chi connectivity index (χ0n) is 17.6. The Labute approximate surface area is 182 Å². The van der Waals surface area contributed by atoms with Crippen molar-refractivity contribution in [3.8, 4) is 6.07 Å². The van der Waals surface area contributed by atoms with Crippen molar-refractivity contribution < 1.29 is 18.6 Å². The summed E-state index contributed by atoms with van der Waals surface area (Å²) >= 11 is 0. The van der Waals surface area contributed by atoms with Crippen LogP contribution in [0.2, 0.25) is 0 Å². The van der Waals surface area contributed by atoms with E-state index in [0.717, 1.165) is 48.3 Å². The molecule has 5 nitrogen and oxygen atoms in total. The molecule has 31 heavy (non-hydrogen) atoms. The van der Waals surface area contributed by atoms with Crippen molar-refractivity contribution >= 4 is 0 Å². The summed E-state index contributed by atoms with van der Waals surface area (Å²) in [7, 11) is 0. The number of nitriles is 1. The fourth-order valence-electron chi connectivity index (χ4n) is 4.04. The lowest BCUT2D eigenvalue weighted by molar-refractivity contribution is -0.0459. The standard InChI is InChI=1S/C25H27FN2O3/c1-17-24(28-25(31-17)18-9-11-21(26)12-10-18)16-30-23-8-4-7-22(13-23)29-15-20-6-3-2-5-19(20)14-27/h2-3,5-6,9-12,22-23,25,28H,4,7-8,13,15-16H2,1H3. The van der Waals surface area contributed by atoms with Crippen molar-refractivity contribution in [2.45, 2.75) is 57.6 Å². The number of ether oxygens (including phenoxy) is 3. The maximum absolute atomic E-state index is 13.2. The Bertz CT molecular complexity index is 967. The maximum Gasteiger partial charge on any atom is 0.195 e. The van der Waals surface area contributed by atoms with Crippen LogP contribution in [-0.4, -0.2) is 18.8 Å². The number of benzene rings is 2. The summed E-state index contributed by atoms with van der Waals surface area (Å²) in [5.74, 6) is 0.534. The van der Waals surface area contributed by atoms with E-state index in [1.165, 1.54) is 12.1 Å². The number of allylic oxidation sites excluding steroid dienone is 1. The molecule has 1 aliphatic heterocycles. The number of halogens is 1. The summed E-state index contributed by atoms with van der Waals surface area (Å²) in [5, 5.41) is 12.6. The summed E-state index contributed by atoms with van der Waals surface area (Å²) in [6, 6.07) is 16.1. The molecule has 1 aliphatic carbocycles. The second kappa shape index (κ2) is 9.95. The van der Waals surface area contributed by atoms with E-state index in [2.05, 4.69) is 11.4 Å². The van der Waals surface area contributed by atoms with Gasteiger partial charge in [0.15, 0.2) is 6.23 Å². The summed E-state index contributed by atoms with van der Waals surface area (Å²) in [6.45, 7) is 2.80. The predicted molar refractivity (Wildman–Crippen MR) is 114 cm³/mol. The zero-order valence-corrected chi connectivity index (χ0v) is 17.6. The molecule has 2 aliphatic rings. The van der Waals surface area contributed by atoms with Gasteiger partial charge < -0.3 is 19.5 Å². The number of hydrogen-bond acceptors (Lipinski definition) is 5. The van der Waals surface area contributed by atoms with Crippen LogP contribution in [0.25, 0.3) is 0 Å². The number of nitrogens with zero attached hydrogens (tertiary/aromatic N) is 1. The molecule has 1 fully saturated rings. The highest BCUT2D eigenvalue weighted by Crippen LogP contribution is 2.29. The summed E-state index contributed by atoms with van der Waals surface area (Å²) < 4.78 is 31.3. The van der Waals surface area contributed by atoms with Gasteiger partial charge in [0, 0.05) is 5.56 Å². The largest absolute Gasteiger partial charge is 0.469 e. The van der Waals surface area contributed by atoms with E-state index in [4.69, 9.17) is 14.2 Å². The topological polar surface area (TPSA) is 63.5 Å². The number of nitrogens with one attached hydrogen (secondary N) is 1. The third kappa shape index (κ3) is 5.43. The Morgan fingerprint density at radius 2 is 1.77 bits per heavy atom. The molecule has 4 rings (SSSR count). The van der Waals surface area contributed by atoms with Crippen LogP contribution >= 0.6 is 0 Å². The molecule has 1 heterocycles. The van der Waals surface area contributed by atoms with Crippen molar-refractivity contribution in [1.29, 1.82) is 5.26 Å². The Hall–Kier alpha value is -2.88. The normalized spacial score (nSPS) is 23.2. The van der Waals surface area contributed by atoms with Gasteiger partial charge in [0.1, 0.15) is 11.6 Å². The van der Waals surface area contributed by atoms with Crippen LogP contribution in [-0.2, 0) is 20.8 Å². The van der Waals surface area contributed by atoms with Crippen molar-refractivity contribution in [2.75, 3.05) is 6.61 Å². The van der Waals surface area contributed by atoms with Gasteiger partial charge in [-0.2, -0.15) is 5.26 Å². The molecular formula is C25H27FN2O3. The van der Waals surface area contributed by atoms with Gasteiger partial charge in [0.25, 0.3) is 0 Å². The molecule has 0 saturated heterocycles. The molecule has 0 aromatic heterocycles. The quantitative estimate of drug-likeness (QED) is 0.673. The van der Waals surface area contributed by atoms with Gasteiger partial charge in [-0.25, -0.2) is 4.39 Å². The Morgan fingerprint density at radius 1 is 1.06 bits per heavy atom. The first-order chi connectivity index (χ1) is 15.1. The maximum atomic E-state index is 13.2. The third-order valence-electron chi connectivity index (χ3n) is 5.85. The molecule has 3 unspecified atom stereocenters. The fraction of sp³-hybridized carbons (Fsp3) is 0.400. The van der Waals surface area contributed by atoms with E-state index in [0.29, 0.717) is 18.8 Å².